The predicted molar refractivity (Wildman–Crippen MR) is 92.8 cm³/mol. The Kier molecular flexibility index (Phi) is 4.63. The normalized spacial score (nSPS) is 12.1. The molecule has 0 spiro atoms. The zero-order valence-electron chi connectivity index (χ0n) is 12.3. The molecular formula is C15H17ClN4O3. The molecule has 0 aliphatic carbocycles. The number of carbonyl (C=O) groups is 1. The van der Waals surface area contributed by atoms with Gasteiger partial charge >= 0.3 is 5.97 Å². The second-order valence-corrected chi connectivity index (χ2v) is 5.31. The highest BCUT2D eigenvalue weighted by molar-refractivity contribution is 6.16. The maximum absolute atomic E-state index is 11.5. The number of benzene rings is 1. The number of aromatic nitrogens is 2. The Morgan fingerprint density at radius 2 is 1.96 bits per heavy atom. The van der Waals surface area contributed by atoms with Gasteiger partial charge in [0.05, 0.1) is 5.69 Å². The lowest BCUT2D eigenvalue weighted by Gasteiger charge is -2.10. The highest BCUT2D eigenvalue weighted by Gasteiger charge is 2.19. The van der Waals surface area contributed by atoms with E-state index in [2.05, 4.69) is 15.3 Å². The maximum atomic E-state index is 11.5. The number of aromatic amines is 2. The third-order valence-corrected chi connectivity index (χ3v) is 3.48. The van der Waals surface area contributed by atoms with Gasteiger partial charge in [-0.25, -0.2) is 4.79 Å². The first-order valence-corrected chi connectivity index (χ1v) is 6.88. The lowest BCUT2D eigenvalue weighted by atomic mass is 10.1. The number of carboxylic acid groups (broad SMARTS) is 1. The maximum Gasteiger partial charge on any atom is 0.354 e. The number of rotatable bonds is 4. The molecule has 122 valence electrons. The van der Waals surface area contributed by atoms with Crippen molar-refractivity contribution in [1.29, 1.82) is 0 Å². The van der Waals surface area contributed by atoms with E-state index in [0.717, 1.165) is 10.8 Å². The fraction of sp³-hybridized carbons (Fsp3) is 0.200. The smallest absolute Gasteiger partial charge is 0.354 e. The van der Waals surface area contributed by atoms with E-state index >= 15 is 0 Å². The van der Waals surface area contributed by atoms with Gasteiger partial charge in [0.15, 0.2) is 0 Å². The summed E-state index contributed by atoms with van der Waals surface area (Å²) < 4.78 is 0. The molecule has 0 aliphatic heterocycles. The number of hydrogen-bond acceptors (Lipinski definition) is 4. The van der Waals surface area contributed by atoms with Gasteiger partial charge in [-0.3, -0.25) is 4.79 Å². The van der Waals surface area contributed by atoms with Crippen molar-refractivity contribution in [3.05, 3.63) is 40.3 Å². The van der Waals surface area contributed by atoms with Crippen LogP contribution in [0.3, 0.4) is 0 Å². The Morgan fingerprint density at radius 1 is 1.26 bits per heavy atom. The van der Waals surface area contributed by atoms with Gasteiger partial charge in [0.2, 0.25) is 5.56 Å². The second kappa shape index (κ2) is 6.31. The summed E-state index contributed by atoms with van der Waals surface area (Å²) >= 11 is 0. The third kappa shape index (κ3) is 3.01. The predicted octanol–water partition coefficient (Wildman–Crippen LogP) is 1.89. The lowest BCUT2D eigenvalue weighted by molar-refractivity contribution is 0.0692. The van der Waals surface area contributed by atoms with E-state index in [1.807, 2.05) is 6.92 Å². The summed E-state index contributed by atoms with van der Waals surface area (Å²) in [5, 5.41) is 14.0. The van der Waals surface area contributed by atoms with Crippen LogP contribution in [0.2, 0.25) is 0 Å². The van der Waals surface area contributed by atoms with Gasteiger partial charge in [-0.15, -0.1) is 12.4 Å². The van der Waals surface area contributed by atoms with E-state index in [0.29, 0.717) is 23.3 Å². The fourth-order valence-corrected chi connectivity index (χ4v) is 2.53. The number of anilines is 1. The molecule has 1 unspecified atom stereocenters. The molecule has 8 heteroatoms. The molecule has 0 amide bonds. The molecule has 0 saturated heterocycles. The molecule has 1 aromatic carbocycles. The van der Waals surface area contributed by atoms with Gasteiger partial charge in [0.1, 0.15) is 5.69 Å². The third-order valence-electron chi connectivity index (χ3n) is 3.48. The van der Waals surface area contributed by atoms with E-state index in [9.17, 15) is 14.7 Å². The van der Waals surface area contributed by atoms with E-state index < -0.39 is 5.97 Å². The standard InChI is InChI=1S/C15H16N4O3.ClH/c1-7(16)6-17-13-12-8-2-5-11(20)18-9(8)3-4-10(12)19-14(13)15(21)22;/h2-5,7,17,19H,6,16H2,1H3,(H,18,20)(H,21,22);1H. The van der Waals surface area contributed by atoms with Crippen molar-refractivity contribution in [2.24, 2.45) is 5.73 Å². The van der Waals surface area contributed by atoms with Crippen LogP contribution in [0.4, 0.5) is 5.69 Å². The van der Waals surface area contributed by atoms with Crippen molar-refractivity contribution in [1.82, 2.24) is 9.97 Å². The summed E-state index contributed by atoms with van der Waals surface area (Å²) in [6.07, 6.45) is 0. The van der Waals surface area contributed by atoms with Crippen molar-refractivity contribution in [2.75, 3.05) is 11.9 Å². The van der Waals surface area contributed by atoms with Gasteiger partial charge in [-0.1, -0.05) is 0 Å². The molecule has 0 aliphatic rings. The molecular weight excluding hydrogens is 320 g/mol. The first-order chi connectivity index (χ1) is 10.5. The molecule has 0 fully saturated rings. The van der Waals surface area contributed by atoms with Gasteiger partial charge < -0.3 is 26.1 Å². The van der Waals surface area contributed by atoms with Crippen molar-refractivity contribution >= 4 is 45.9 Å². The van der Waals surface area contributed by atoms with E-state index in [4.69, 9.17) is 5.73 Å². The zero-order chi connectivity index (χ0) is 15.9. The Bertz CT molecular complexity index is 930. The highest BCUT2D eigenvalue weighted by Crippen LogP contribution is 2.33. The molecule has 3 rings (SSSR count). The van der Waals surface area contributed by atoms with Crippen LogP contribution in [-0.2, 0) is 0 Å². The fourth-order valence-electron chi connectivity index (χ4n) is 2.53. The van der Waals surface area contributed by atoms with E-state index in [-0.39, 0.29) is 29.7 Å². The Hall–Kier alpha value is -2.51. The molecule has 2 heterocycles. The summed E-state index contributed by atoms with van der Waals surface area (Å²) in [7, 11) is 0. The van der Waals surface area contributed by atoms with Crippen molar-refractivity contribution in [3.8, 4) is 0 Å². The first-order valence-electron chi connectivity index (χ1n) is 6.88. The van der Waals surface area contributed by atoms with Gasteiger partial charge in [0, 0.05) is 40.5 Å². The van der Waals surface area contributed by atoms with Gasteiger partial charge in [-0.2, -0.15) is 0 Å². The largest absolute Gasteiger partial charge is 0.477 e. The Labute approximate surface area is 137 Å². The SMILES string of the molecule is CC(N)CNc1c(C(=O)O)[nH]c2ccc3[nH]c(=O)ccc3c12.Cl. The van der Waals surface area contributed by atoms with E-state index in [1.165, 1.54) is 6.07 Å². The van der Waals surface area contributed by atoms with Crippen LogP contribution >= 0.6 is 12.4 Å². The van der Waals surface area contributed by atoms with Crippen LogP contribution < -0.4 is 16.6 Å². The molecule has 3 aromatic rings. The molecule has 1 atom stereocenters. The number of fused-ring (bicyclic) bond motifs is 3. The van der Waals surface area contributed by atoms with Crippen LogP contribution in [0.15, 0.2) is 29.1 Å². The zero-order valence-corrected chi connectivity index (χ0v) is 13.2. The summed E-state index contributed by atoms with van der Waals surface area (Å²) in [5.41, 5.74) is 7.44. The number of hydrogen-bond donors (Lipinski definition) is 5. The minimum Gasteiger partial charge on any atom is -0.477 e. The molecule has 23 heavy (non-hydrogen) atoms. The average molecular weight is 337 g/mol. The van der Waals surface area contributed by atoms with Crippen molar-refractivity contribution < 1.29 is 9.90 Å². The van der Waals surface area contributed by atoms with Crippen LogP contribution in [0.25, 0.3) is 21.8 Å². The topological polar surface area (TPSA) is 124 Å². The molecule has 2 aromatic heterocycles. The van der Waals surface area contributed by atoms with Crippen LogP contribution in [0.1, 0.15) is 17.4 Å². The summed E-state index contributed by atoms with van der Waals surface area (Å²) in [4.78, 5) is 28.6. The number of pyridine rings is 1. The summed E-state index contributed by atoms with van der Waals surface area (Å²) in [6.45, 7) is 2.27. The summed E-state index contributed by atoms with van der Waals surface area (Å²) in [6, 6.07) is 6.48. The van der Waals surface area contributed by atoms with Gasteiger partial charge in [-0.05, 0) is 25.1 Å². The Morgan fingerprint density at radius 3 is 2.61 bits per heavy atom. The highest BCUT2D eigenvalue weighted by atomic mass is 35.5. The number of nitrogens with two attached hydrogens (primary N) is 1. The monoisotopic (exact) mass is 336 g/mol. The molecule has 0 saturated carbocycles. The van der Waals surface area contributed by atoms with Gasteiger partial charge in [0.25, 0.3) is 0 Å². The Balaban J connectivity index is 0.00000192. The number of aromatic carboxylic acids is 1. The van der Waals surface area contributed by atoms with Crippen molar-refractivity contribution in [2.45, 2.75) is 13.0 Å². The number of nitrogens with one attached hydrogen (secondary N) is 3. The molecule has 0 bridgehead atoms. The van der Waals surface area contributed by atoms with Crippen LogP contribution in [-0.4, -0.2) is 33.6 Å². The van der Waals surface area contributed by atoms with Crippen molar-refractivity contribution in [3.63, 3.8) is 0 Å². The minimum absolute atomic E-state index is 0. The number of H-pyrrole nitrogens is 2. The quantitative estimate of drug-likeness (QED) is 0.497. The minimum atomic E-state index is -1.05. The van der Waals surface area contributed by atoms with E-state index in [1.54, 1.807) is 18.2 Å². The lowest BCUT2D eigenvalue weighted by Crippen LogP contribution is -2.25. The summed E-state index contributed by atoms with van der Waals surface area (Å²) in [5.74, 6) is -1.05. The molecule has 0 radical (unpaired) electrons. The average Bonchev–Trinajstić information content (AvgIpc) is 2.83. The first kappa shape index (κ1) is 16.9. The second-order valence-electron chi connectivity index (χ2n) is 5.31. The number of halogens is 1. The number of carboxylic acids is 1. The van der Waals surface area contributed by atoms with Crippen LogP contribution in [0.5, 0.6) is 0 Å². The molecule has 6 N–H and O–H groups in total. The molecule has 7 nitrogen and oxygen atoms in total. The van der Waals surface area contributed by atoms with Crippen LogP contribution in [0, 0.1) is 0 Å².